The Bertz CT molecular complexity index is 742. The maximum absolute atomic E-state index is 12.2. The molecule has 0 aliphatic heterocycles. The third kappa shape index (κ3) is 5.07. The number of benzene rings is 1. The van der Waals surface area contributed by atoms with Gasteiger partial charge in [0.15, 0.2) is 18.3 Å². The summed E-state index contributed by atoms with van der Waals surface area (Å²) >= 11 is 1.34. The number of hydrogen-bond acceptors (Lipinski definition) is 7. The van der Waals surface area contributed by atoms with Gasteiger partial charge in [-0.15, -0.1) is 11.3 Å². The van der Waals surface area contributed by atoms with Crippen molar-refractivity contribution >= 4 is 33.3 Å². The van der Waals surface area contributed by atoms with Crippen molar-refractivity contribution in [3.63, 3.8) is 0 Å². The van der Waals surface area contributed by atoms with Crippen LogP contribution in [-0.4, -0.2) is 46.0 Å². The first-order valence-corrected chi connectivity index (χ1v) is 8.57. The highest BCUT2D eigenvalue weighted by atomic mass is 32.1. The van der Waals surface area contributed by atoms with E-state index < -0.39 is 0 Å². The van der Waals surface area contributed by atoms with Crippen molar-refractivity contribution in [2.45, 2.75) is 13.3 Å². The minimum Gasteiger partial charge on any atom is -0.493 e. The fourth-order valence-electron chi connectivity index (χ4n) is 2.15. The van der Waals surface area contributed by atoms with E-state index in [1.165, 1.54) is 18.4 Å². The van der Waals surface area contributed by atoms with Gasteiger partial charge in [-0.05, 0) is 24.4 Å². The van der Waals surface area contributed by atoms with Crippen LogP contribution < -0.4 is 14.8 Å². The van der Waals surface area contributed by atoms with Crippen molar-refractivity contribution in [3.8, 4) is 11.5 Å². The lowest BCUT2D eigenvalue weighted by atomic mass is 10.2. The van der Waals surface area contributed by atoms with Crippen LogP contribution in [-0.2, 0) is 14.3 Å². The van der Waals surface area contributed by atoms with E-state index in [0.29, 0.717) is 23.0 Å². The van der Waals surface area contributed by atoms with Crippen molar-refractivity contribution in [3.05, 3.63) is 23.1 Å². The second kappa shape index (κ2) is 9.24. The van der Waals surface area contributed by atoms with E-state index >= 15 is 0 Å². The van der Waals surface area contributed by atoms with E-state index in [0.717, 1.165) is 10.1 Å². The summed E-state index contributed by atoms with van der Waals surface area (Å²) in [5, 5.41) is 3.58. The zero-order valence-electron chi connectivity index (χ0n) is 14.4. The van der Waals surface area contributed by atoms with Crippen LogP contribution in [0.4, 0.5) is 0 Å². The van der Waals surface area contributed by atoms with Gasteiger partial charge in [0.1, 0.15) is 0 Å². The van der Waals surface area contributed by atoms with E-state index in [9.17, 15) is 9.59 Å². The molecule has 25 heavy (non-hydrogen) atoms. The van der Waals surface area contributed by atoms with Crippen LogP contribution in [0.3, 0.4) is 0 Å². The van der Waals surface area contributed by atoms with Crippen LogP contribution in [0.5, 0.6) is 11.5 Å². The number of ether oxygens (including phenoxy) is 4. The Kier molecular flexibility index (Phi) is 7.03. The summed E-state index contributed by atoms with van der Waals surface area (Å²) < 4.78 is 21.4. The van der Waals surface area contributed by atoms with Gasteiger partial charge in [-0.3, -0.25) is 9.59 Å². The number of hydrogen-bond donors (Lipinski definition) is 1. The molecule has 2 rings (SSSR count). The second-order valence-electron chi connectivity index (χ2n) is 5.01. The lowest BCUT2D eigenvalue weighted by Gasteiger charge is -2.09. The van der Waals surface area contributed by atoms with Gasteiger partial charge in [0.05, 0.1) is 25.0 Å². The highest BCUT2D eigenvalue weighted by Crippen LogP contribution is 2.36. The van der Waals surface area contributed by atoms with E-state index in [2.05, 4.69) is 5.32 Å². The quantitative estimate of drug-likeness (QED) is 0.542. The topological polar surface area (TPSA) is 83.1 Å². The number of carbonyl (C=O) groups is 2. The van der Waals surface area contributed by atoms with E-state index in [1.807, 2.05) is 6.07 Å². The molecule has 0 spiro atoms. The third-order valence-electron chi connectivity index (χ3n) is 3.28. The Morgan fingerprint density at radius 1 is 1.16 bits per heavy atom. The summed E-state index contributed by atoms with van der Waals surface area (Å²) in [6.07, 6.45) is 0.146. The summed E-state index contributed by atoms with van der Waals surface area (Å²) in [6.45, 7) is 2.41. The predicted octanol–water partition coefficient (Wildman–Crippen LogP) is 2.58. The zero-order valence-corrected chi connectivity index (χ0v) is 15.2. The molecule has 0 saturated heterocycles. The van der Waals surface area contributed by atoms with Gasteiger partial charge in [-0.2, -0.15) is 0 Å². The fraction of sp³-hybridized carbons (Fsp3) is 0.412. The molecule has 7 nitrogen and oxygen atoms in total. The Hall–Kier alpha value is -2.32. The number of esters is 1. The van der Waals surface area contributed by atoms with E-state index in [4.69, 9.17) is 18.9 Å². The van der Waals surface area contributed by atoms with Gasteiger partial charge < -0.3 is 24.3 Å². The van der Waals surface area contributed by atoms with Crippen LogP contribution in [0.1, 0.15) is 23.0 Å². The van der Waals surface area contributed by atoms with E-state index in [1.54, 1.807) is 26.2 Å². The Labute approximate surface area is 149 Å². The molecule has 0 aliphatic carbocycles. The Balaban J connectivity index is 2.08. The highest BCUT2D eigenvalue weighted by Gasteiger charge is 2.14. The molecule has 1 amide bonds. The molecule has 1 aromatic carbocycles. The third-order valence-corrected chi connectivity index (χ3v) is 4.38. The Morgan fingerprint density at radius 2 is 1.96 bits per heavy atom. The predicted molar refractivity (Wildman–Crippen MR) is 94.5 cm³/mol. The summed E-state index contributed by atoms with van der Waals surface area (Å²) in [5.41, 5.74) is 0. The molecule has 0 atom stereocenters. The lowest BCUT2D eigenvalue weighted by Crippen LogP contribution is -2.25. The molecule has 0 aliphatic rings. The number of thiophene rings is 1. The van der Waals surface area contributed by atoms with Crippen molar-refractivity contribution in [2.75, 3.05) is 34.2 Å². The molecular formula is C17H21NO6S. The van der Waals surface area contributed by atoms with Gasteiger partial charge in [-0.25, -0.2) is 0 Å². The summed E-state index contributed by atoms with van der Waals surface area (Å²) in [7, 11) is 3.09. The average molecular weight is 367 g/mol. The fourth-order valence-corrected chi connectivity index (χ4v) is 3.14. The molecule has 0 bridgehead atoms. The summed E-state index contributed by atoms with van der Waals surface area (Å²) in [4.78, 5) is 24.1. The molecule has 8 heteroatoms. The van der Waals surface area contributed by atoms with Crippen LogP contribution >= 0.6 is 11.3 Å². The monoisotopic (exact) mass is 367 g/mol. The van der Waals surface area contributed by atoms with Gasteiger partial charge >= 0.3 is 5.97 Å². The molecule has 1 heterocycles. The lowest BCUT2D eigenvalue weighted by molar-refractivity contribution is -0.142. The largest absolute Gasteiger partial charge is 0.493 e. The zero-order chi connectivity index (χ0) is 18.2. The minimum atomic E-state index is -0.330. The molecule has 0 saturated carbocycles. The SMILES string of the molecule is CCOC(=O)CCNC(=O)c1cc2cc(OCOC)c(OC)cc2s1. The van der Waals surface area contributed by atoms with Crippen molar-refractivity contribution in [2.24, 2.45) is 0 Å². The normalized spacial score (nSPS) is 10.5. The molecule has 1 aromatic heterocycles. The summed E-state index contributed by atoms with van der Waals surface area (Å²) in [5.74, 6) is 0.553. The van der Waals surface area contributed by atoms with Crippen LogP contribution in [0, 0.1) is 0 Å². The number of methoxy groups -OCH3 is 2. The molecule has 0 fully saturated rings. The van der Waals surface area contributed by atoms with Crippen LogP contribution in [0.25, 0.3) is 10.1 Å². The van der Waals surface area contributed by atoms with Gasteiger partial charge in [0.2, 0.25) is 0 Å². The molecule has 0 unspecified atom stereocenters. The van der Waals surface area contributed by atoms with Crippen molar-refractivity contribution in [1.29, 1.82) is 0 Å². The maximum atomic E-state index is 12.2. The highest BCUT2D eigenvalue weighted by molar-refractivity contribution is 7.20. The van der Waals surface area contributed by atoms with Crippen LogP contribution in [0.2, 0.25) is 0 Å². The minimum absolute atomic E-state index is 0.104. The van der Waals surface area contributed by atoms with Crippen molar-refractivity contribution < 1.29 is 28.5 Å². The second-order valence-corrected chi connectivity index (χ2v) is 6.10. The standard InChI is InChI=1S/C17H21NO6S/c1-4-23-16(19)5-6-18-17(20)15-8-11-7-13(24-10-21-2)12(22-3)9-14(11)25-15/h7-9H,4-6,10H2,1-3H3,(H,18,20). The Morgan fingerprint density at radius 3 is 2.64 bits per heavy atom. The molecule has 1 N–H and O–H groups in total. The van der Waals surface area contributed by atoms with Crippen molar-refractivity contribution in [1.82, 2.24) is 5.32 Å². The summed E-state index contributed by atoms with van der Waals surface area (Å²) in [6, 6.07) is 5.40. The number of fused-ring (bicyclic) bond motifs is 1. The number of rotatable bonds is 9. The molecule has 2 aromatic rings. The molecular weight excluding hydrogens is 346 g/mol. The van der Waals surface area contributed by atoms with Gasteiger partial charge in [0, 0.05) is 24.4 Å². The van der Waals surface area contributed by atoms with Gasteiger partial charge in [0.25, 0.3) is 5.91 Å². The van der Waals surface area contributed by atoms with Gasteiger partial charge in [-0.1, -0.05) is 0 Å². The number of nitrogens with one attached hydrogen (secondary N) is 1. The maximum Gasteiger partial charge on any atom is 0.307 e. The first-order chi connectivity index (χ1) is 12.1. The molecule has 0 radical (unpaired) electrons. The number of amides is 1. The number of carbonyl (C=O) groups excluding carboxylic acids is 2. The first kappa shape index (κ1) is 19.0. The smallest absolute Gasteiger partial charge is 0.307 e. The van der Waals surface area contributed by atoms with Crippen LogP contribution in [0.15, 0.2) is 18.2 Å². The average Bonchev–Trinajstić information content (AvgIpc) is 3.02. The first-order valence-electron chi connectivity index (χ1n) is 7.76. The van der Waals surface area contributed by atoms with E-state index in [-0.39, 0.29) is 31.6 Å². The molecule has 136 valence electrons.